The number of rotatable bonds is 3. The SMILES string of the molecule is CCC12CC1CN(C(=O)c1cnc(-c3cccnc3)nc1C)C2. The van der Waals surface area contributed by atoms with E-state index in [0.29, 0.717) is 22.7 Å². The van der Waals surface area contributed by atoms with Crippen molar-refractivity contribution in [2.75, 3.05) is 13.1 Å². The molecule has 0 spiro atoms. The number of likely N-dealkylation sites (tertiary alicyclic amines) is 1. The zero-order valence-electron chi connectivity index (χ0n) is 13.5. The van der Waals surface area contributed by atoms with Crippen molar-refractivity contribution in [1.82, 2.24) is 19.9 Å². The van der Waals surface area contributed by atoms with Crippen LogP contribution in [0.3, 0.4) is 0 Å². The average Bonchev–Trinajstić information content (AvgIpc) is 3.16. The molecule has 2 aliphatic rings. The molecular formula is C18H20N4O. The molecule has 1 aliphatic carbocycles. The molecule has 2 unspecified atom stereocenters. The fraction of sp³-hybridized carbons (Fsp3) is 0.444. The van der Waals surface area contributed by atoms with Gasteiger partial charge in [-0.3, -0.25) is 9.78 Å². The van der Waals surface area contributed by atoms with Crippen molar-refractivity contribution in [1.29, 1.82) is 0 Å². The Kier molecular flexibility index (Phi) is 3.18. The molecule has 2 atom stereocenters. The van der Waals surface area contributed by atoms with Gasteiger partial charge >= 0.3 is 0 Å². The molecule has 1 amide bonds. The largest absolute Gasteiger partial charge is 0.338 e. The van der Waals surface area contributed by atoms with E-state index >= 15 is 0 Å². The Morgan fingerprint density at radius 1 is 1.43 bits per heavy atom. The summed E-state index contributed by atoms with van der Waals surface area (Å²) in [5, 5.41) is 0. The summed E-state index contributed by atoms with van der Waals surface area (Å²) in [6.07, 6.45) is 7.56. The monoisotopic (exact) mass is 308 g/mol. The number of aryl methyl sites for hydroxylation is 1. The molecule has 2 aromatic heterocycles. The number of hydrogen-bond donors (Lipinski definition) is 0. The van der Waals surface area contributed by atoms with Crippen LogP contribution in [0.4, 0.5) is 0 Å². The highest BCUT2D eigenvalue weighted by Gasteiger charge is 2.59. The van der Waals surface area contributed by atoms with E-state index in [1.165, 1.54) is 6.42 Å². The molecule has 4 rings (SSSR count). The second-order valence-corrected chi connectivity index (χ2v) is 6.74. The summed E-state index contributed by atoms with van der Waals surface area (Å²) in [5.41, 5.74) is 2.61. The summed E-state index contributed by atoms with van der Waals surface area (Å²) in [5.74, 6) is 1.38. The van der Waals surface area contributed by atoms with Crippen molar-refractivity contribution in [3.63, 3.8) is 0 Å². The van der Waals surface area contributed by atoms with Crippen molar-refractivity contribution in [3.05, 3.63) is 42.0 Å². The van der Waals surface area contributed by atoms with Crippen LogP contribution in [0.1, 0.15) is 35.8 Å². The first-order valence-electron chi connectivity index (χ1n) is 8.16. The van der Waals surface area contributed by atoms with E-state index in [4.69, 9.17) is 0 Å². The third-order valence-corrected chi connectivity index (χ3v) is 5.43. The fourth-order valence-electron chi connectivity index (χ4n) is 3.78. The van der Waals surface area contributed by atoms with Gasteiger partial charge in [-0.25, -0.2) is 9.97 Å². The Balaban J connectivity index is 1.57. The number of nitrogens with zero attached hydrogens (tertiary/aromatic N) is 4. The Hall–Kier alpha value is -2.30. The minimum atomic E-state index is 0.0697. The summed E-state index contributed by atoms with van der Waals surface area (Å²) in [7, 11) is 0. The normalized spacial score (nSPS) is 25.3. The van der Waals surface area contributed by atoms with Gasteiger partial charge in [-0.15, -0.1) is 0 Å². The van der Waals surface area contributed by atoms with Crippen LogP contribution in [0.2, 0.25) is 0 Å². The maximum Gasteiger partial charge on any atom is 0.257 e. The minimum Gasteiger partial charge on any atom is -0.338 e. The summed E-state index contributed by atoms with van der Waals surface area (Å²) in [6.45, 7) is 5.87. The molecule has 1 saturated carbocycles. The highest BCUT2D eigenvalue weighted by atomic mass is 16.2. The molecule has 0 aromatic carbocycles. The molecule has 118 valence electrons. The summed E-state index contributed by atoms with van der Waals surface area (Å²) >= 11 is 0. The third-order valence-electron chi connectivity index (χ3n) is 5.43. The zero-order chi connectivity index (χ0) is 16.0. The van der Waals surface area contributed by atoms with Crippen molar-refractivity contribution in [3.8, 4) is 11.4 Å². The minimum absolute atomic E-state index is 0.0697. The summed E-state index contributed by atoms with van der Waals surface area (Å²) in [4.78, 5) is 27.7. The van der Waals surface area contributed by atoms with Crippen LogP contribution < -0.4 is 0 Å². The first-order chi connectivity index (χ1) is 11.1. The average molecular weight is 308 g/mol. The predicted molar refractivity (Wildman–Crippen MR) is 86.7 cm³/mol. The van der Waals surface area contributed by atoms with E-state index in [1.807, 2.05) is 24.0 Å². The van der Waals surface area contributed by atoms with Gasteiger partial charge < -0.3 is 4.90 Å². The molecule has 0 N–H and O–H groups in total. The number of pyridine rings is 1. The van der Waals surface area contributed by atoms with E-state index in [2.05, 4.69) is 21.9 Å². The number of fused-ring (bicyclic) bond motifs is 1. The van der Waals surface area contributed by atoms with Gasteiger partial charge in [-0.05, 0) is 43.2 Å². The lowest BCUT2D eigenvalue weighted by atomic mass is 10.0. The van der Waals surface area contributed by atoms with Crippen LogP contribution in [0, 0.1) is 18.3 Å². The molecule has 0 radical (unpaired) electrons. The molecule has 5 heteroatoms. The fourth-order valence-corrected chi connectivity index (χ4v) is 3.78. The molecule has 2 aromatic rings. The second-order valence-electron chi connectivity index (χ2n) is 6.74. The third kappa shape index (κ3) is 2.31. The standard InChI is InChI=1S/C18H20N4O/c1-3-18-7-14(18)10-22(11-18)17(23)15-9-20-16(21-12(15)2)13-5-4-6-19-8-13/h4-6,8-9,14H,3,7,10-11H2,1-2H3. The van der Waals surface area contributed by atoms with Crippen LogP contribution >= 0.6 is 0 Å². The first-order valence-corrected chi connectivity index (χ1v) is 8.16. The van der Waals surface area contributed by atoms with Gasteiger partial charge in [0, 0.05) is 37.2 Å². The van der Waals surface area contributed by atoms with E-state index in [9.17, 15) is 4.79 Å². The lowest BCUT2D eigenvalue weighted by Gasteiger charge is -2.21. The lowest BCUT2D eigenvalue weighted by Crippen LogP contribution is -2.32. The molecule has 23 heavy (non-hydrogen) atoms. The maximum atomic E-state index is 12.8. The van der Waals surface area contributed by atoms with Gasteiger partial charge in [0.1, 0.15) is 0 Å². The van der Waals surface area contributed by atoms with Gasteiger partial charge in [-0.1, -0.05) is 6.92 Å². The summed E-state index contributed by atoms with van der Waals surface area (Å²) in [6, 6.07) is 3.77. The van der Waals surface area contributed by atoms with Gasteiger partial charge in [0.2, 0.25) is 0 Å². The van der Waals surface area contributed by atoms with Crippen LogP contribution in [0.25, 0.3) is 11.4 Å². The van der Waals surface area contributed by atoms with E-state index in [-0.39, 0.29) is 5.91 Å². The quantitative estimate of drug-likeness (QED) is 0.875. The molecule has 3 heterocycles. The molecular weight excluding hydrogens is 288 g/mol. The molecule has 0 bridgehead atoms. The van der Waals surface area contributed by atoms with Crippen LogP contribution in [-0.2, 0) is 0 Å². The van der Waals surface area contributed by atoms with Gasteiger partial charge in [0.25, 0.3) is 5.91 Å². The Morgan fingerprint density at radius 2 is 2.30 bits per heavy atom. The van der Waals surface area contributed by atoms with Crippen molar-refractivity contribution < 1.29 is 4.79 Å². The van der Waals surface area contributed by atoms with Crippen LogP contribution in [0.5, 0.6) is 0 Å². The van der Waals surface area contributed by atoms with E-state index in [0.717, 1.165) is 30.8 Å². The van der Waals surface area contributed by atoms with Crippen molar-refractivity contribution in [2.24, 2.45) is 11.3 Å². The summed E-state index contributed by atoms with van der Waals surface area (Å²) < 4.78 is 0. The topological polar surface area (TPSA) is 59.0 Å². The number of aromatic nitrogens is 3. The highest BCUT2D eigenvalue weighted by Crippen LogP contribution is 2.60. The van der Waals surface area contributed by atoms with Crippen molar-refractivity contribution in [2.45, 2.75) is 26.7 Å². The number of hydrogen-bond acceptors (Lipinski definition) is 4. The second kappa shape index (κ2) is 5.11. The Labute approximate surface area is 135 Å². The highest BCUT2D eigenvalue weighted by molar-refractivity contribution is 5.95. The molecule has 1 aliphatic heterocycles. The van der Waals surface area contributed by atoms with E-state index < -0.39 is 0 Å². The van der Waals surface area contributed by atoms with E-state index in [1.54, 1.807) is 18.6 Å². The smallest absolute Gasteiger partial charge is 0.257 e. The number of amides is 1. The number of piperidine rings is 1. The first kappa shape index (κ1) is 14.3. The van der Waals surface area contributed by atoms with Crippen LogP contribution in [0.15, 0.2) is 30.7 Å². The van der Waals surface area contributed by atoms with Crippen LogP contribution in [-0.4, -0.2) is 38.8 Å². The molecule has 1 saturated heterocycles. The zero-order valence-corrected chi connectivity index (χ0v) is 13.5. The number of carbonyl (C=O) groups excluding carboxylic acids is 1. The van der Waals surface area contributed by atoms with Gasteiger partial charge in [0.05, 0.1) is 11.3 Å². The number of carbonyl (C=O) groups is 1. The Morgan fingerprint density at radius 3 is 2.96 bits per heavy atom. The molecule has 5 nitrogen and oxygen atoms in total. The van der Waals surface area contributed by atoms with Gasteiger partial charge in [-0.2, -0.15) is 0 Å². The van der Waals surface area contributed by atoms with Crippen molar-refractivity contribution >= 4 is 5.91 Å². The van der Waals surface area contributed by atoms with Gasteiger partial charge in [0.15, 0.2) is 5.82 Å². The predicted octanol–water partition coefficient (Wildman–Crippen LogP) is 2.72. The Bertz CT molecular complexity index is 757. The molecule has 2 fully saturated rings. The maximum absolute atomic E-state index is 12.8. The lowest BCUT2D eigenvalue weighted by molar-refractivity contribution is 0.0762.